The van der Waals surface area contributed by atoms with E-state index in [-0.39, 0.29) is 29.5 Å². The molecule has 0 aromatic heterocycles. The first-order valence-electron chi connectivity index (χ1n) is 6.37. The van der Waals surface area contributed by atoms with Crippen molar-refractivity contribution in [1.82, 2.24) is 5.32 Å². The number of para-hydroxylation sites is 2. The first-order chi connectivity index (χ1) is 8.92. The second kappa shape index (κ2) is 9.02. The van der Waals surface area contributed by atoms with Gasteiger partial charge in [-0.1, -0.05) is 12.1 Å². The van der Waals surface area contributed by atoms with Crippen LogP contribution in [0, 0.1) is 0 Å². The van der Waals surface area contributed by atoms with Gasteiger partial charge in [0.05, 0.1) is 19.3 Å². The molecular formula is C14H25IN4O. The molecule has 114 valence electrons. The van der Waals surface area contributed by atoms with E-state index in [2.05, 4.69) is 36.4 Å². The molecule has 0 bridgehead atoms. The fraction of sp³-hybridized carbons (Fsp3) is 0.500. The smallest absolute Gasteiger partial charge is 0.193 e. The molecule has 0 aliphatic heterocycles. The summed E-state index contributed by atoms with van der Waals surface area (Å²) in [5.74, 6) is 1.13. The van der Waals surface area contributed by atoms with Gasteiger partial charge in [-0.3, -0.25) is 4.99 Å². The Morgan fingerprint density at radius 3 is 2.55 bits per heavy atom. The lowest BCUT2D eigenvalue weighted by Gasteiger charge is -2.19. The Labute approximate surface area is 138 Å². The minimum atomic E-state index is 0. The summed E-state index contributed by atoms with van der Waals surface area (Å²) in [6, 6.07) is 7.59. The lowest BCUT2D eigenvalue weighted by Crippen LogP contribution is -2.37. The third-order valence-corrected chi connectivity index (χ3v) is 2.42. The summed E-state index contributed by atoms with van der Waals surface area (Å²) in [5, 5.41) is 6.38. The van der Waals surface area contributed by atoms with Crippen LogP contribution in [-0.4, -0.2) is 31.7 Å². The lowest BCUT2D eigenvalue weighted by molar-refractivity contribution is 0.417. The molecule has 1 aromatic rings. The van der Waals surface area contributed by atoms with Crippen LogP contribution in [0.4, 0.5) is 5.69 Å². The summed E-state index contributed by atoms with van der Waals surface area (Å²) in [4.78, 5) is 4.26. The van der Waals surface area contributed by atoms with Gasteiger partial charge in [0.25, 0.3) is 0 Å². The number of halogens is 1. The van der Waals surface area contributed by atoms with Gasteiger partial charge in [-0.15, -0.1) is 24.0 Å². The average Bonchev–Trinajstić information content (AvgIpc) is 2.34. The summed E-state index contributed by atoms with van der Waals surface area (Å²) in [6.45, 7) is 7.77. The van der Waals surface area contributed by atoms with E-state index in [0.29, 0.717) is 12.5 Å². The maximum absolute atomic E-state index is 5.83. The molecule has 0 heterocycles. The van der Waals surface area contributed by atoms with Gasteiger partial charge < -0.3 is 21.1 Å². The summed E-state index contributed by atoms with van der Waals surface area (Å²) >= 11 is 0. The maximum Gasteiger partial charge on any atom is 0.193 e. The molecule has 0 aliphatic carbocycles. The van der Waals surface area contributed by atoms with Crippen molar-refractivity contribution in [2.45, 2.75) is 26.3 Å². The molecular weight excluding hydrogens is 367 g/mol. The van der Waals surface area contributed by atoms with Crippen molar-refractivity contribution in [3.8, 4) is 5.75 Å². The van der Waals surface area contributed by atoms with E-state index < -0.39 is 0 Å². The Morgan fingerprint density at radius 1 is 1.30 bits per heavy atom. The zero-order chi connectivity index (χ0) is 14.3. The number of hydrogen-bond acceptors (Lipinski definition) is 3. The van der Waals surface area contributed by atoms with Gasteiger partial charge >= 0.3 is 0 Å². The van der Waals surface area contributed by atoms with Crippen LogP contribution in [0.2, 0.25) is 0 Å². The van der Waals surface area contributed by atoms with Gasteiger partial charge in [-0.2, -0.15) is 0 Å². The van der Waals surface area contributed by atoms with E-state index >= 15 is 0 Å². The van der Waals surface area contributed by atoms with Crippen molar-refractivity contribution < 1.29 is 4.74 Å². The van der Waals surface area contributed by atoms with E-state index in [4.69, 9.17) is 10.5 Å². The number of nitrogens with zero attached hydrogens (tertiary/aromatic N) is 1. The number of benzene rings is 1. The van der Waals surface area contributed by atoms with E-state index in [1.54, 1.807) is 7.11 Å². The van der Waals surface area contributed by atoms with Gasteiger partial charge in [0.1, 0.15) is 5.75 Å². The molecule has 1 aromatic carbocycles. The lowest BCUT2D eigenvalue weighted by atomic mass is 10.1. The molecule has 0 unspecified atom stereocenters. The summed E-state index contributed by atoms with van der Waals surface area (Å²) in [7, 11) is 1.63. The highest BCUT2D eigenvalue weighted by Crippen LogP contribution is 2.22. The number of aliphatic imine (C=N–C) groups is 1. The molecule has 0 atom stereocenters. The fourth-order valence-electron chi connectivity index (χ4n) is 1.53. The highest BCUT2D eigenvalue weighted by Gasteiger charge is 2.07. The van der Waals surface area contributed by atoms with E-state index in [1.807, 2.05) is 24.3 Å². The predicted octanol–water partition coefficient (Wildman–Crippen LogP) is 2.43. The van der Waals surface area contributed by atoms with Crippen LogP contribution in [0.15, 0.2) is 29.3 Å². The highest BCUT2D eigenvalue weighted by molar-refractivity contribution is 14.0. The number of ether oxygens (including phenoxy) is 1. The SMILES string of the molecule is COc1ccccc1NC(N)=NCCNC(C)(C)C.I. The number of methoxy groups -OCH3 is 1. The molecule has 1 rings (SSSR count). The minimum Gasteiger partial charge on any atom is -0.495 e. The van der Waals surface area contributed by atoms with E-state index in [0.717, 1.165) is 18.0 Å². The molecule has 0 saturated carbocycles. The number of guanidine groups is 1. The maximum atomic E-state index is 5.83. The molecule has 6 heteroatoms. The Hall–Kier alpha value is -1.02. The van der Waals surface area contributed by atoms with Crippen molar-refractivity contribution in [3.63, 3.8) is 0 Å². The third-order valence-electron chi connectivity index (χ3n) is 2.42. The molecule has 5 nitrogen and oxygen atoms in total. The van der Waals surface area contributed by atoms with Crippen molar-refractivity contribution in [3.05, 3.63) is 24.3 Å². The van der Waals surface area contributed by atoms with Crippen LogP contribution < -0.4 is 21.1 Å². The normalized spacial score (nSPS) is 11.7. The molecule has 20 heavy (non-hydrogen) atoms. The Morgan fingerprint density at radius 2 is 1.95 bits per heavy atom. The number of anilines is 1. The van der Waals surface area contributed by atoms with Crippen molar-refractivity contribution >= 4 is 35.6 Å². The van der Waals surface area contributed by atoms with Crippen molar-refractivity contribution in [2.75, 3.05) is 25.5 Å². The summed E-state index contributed by atoms with van der Waals surface area (Å²) < 4.78 is 5.23. The zero-order valence-electron chi connectivity index (χ0n) is 12.6. The van der Waals surface area contributed by atoms with E-state index in [9.17, 15) is 0 Å². The van der Waals surface area contributed by atoms with Crippen LogP contribution in [-0.2, 0) is 0 Å². The molecule has 4 N–H and O–H groups in total. The first-order valence-corrected chi connectivity index (χ1v) is 6.37. The number of nitrogens with two attached hydrogens (primary N) is 1. The average molecular weight is 392 g/mol. The largest absolute Gasteiger partial charge is 0.495 e. The van der Waals surface area contributed by atoms with Crippen molar-refractivity contribution in [2.24, 2.45) is 10.7 Å². The monoisotopic (exact) mass is 392 g/mol. The van der Waals surface area contributed by atoms with Crippen LogP contribution >= 0.6 is 24.0 Å². The fourth-order valence-corrected chi connectivity index (χ4v) is 1.53. The quantitative estimate of drug-likeness (QED) is 0.312. The van der Waals surface area contributed by atoms with Gasteiger partial charge in [0.15, 0.2) is 5.96 Å². The molecule has 0 amide bonds. The number of nitrogens with one attached hydrogen (secondary N) is 2. The summed E-state index contributed by atoms with van der Waals surface area (Å²) in [6.07, 6.45) is 0. The Balaban J connectivity index is 0.00000361. The molecule has 0 fully saturated rings. The van der Waals surface area contributed by atoms with Crippen LogP contribution in [0.25, 0.3) is 0 Å². The second-order valence-corrected chi connectivity index (χ2v) is 5.27. The van der Waals surface area contributed by atoms with Gasteiger partial charge in [-0.25, -0.2) is 0 Å². The highest BCUT2D eigenvalue weighted by atomic mass is 127. The predicted molar refractivity (Wildman–Crippen MR) is 96.3 cm³/mol. The Kier molecular flexibility index (Phi) is 8.56. The standard InChI is InChI=1S/C14H24N4O.HI/c1-14(2,3)17-10-9-16-13(15)18-11-7-5-6-8-12(11)19-4;/h5-8,17H,9-10H2,1-4H3,(H3,15,16,18);1H. The van der Waals surface area contributed by atoms with Crippen LogP contribution in [0.5, 0.6) is 5.75 Å². The topological polar surface area (TPSA) is 71.7 Å². The van der Waals surface area contributed by atoms with Crippen molar-refractivity contribution in [1.29, 1.82) is 0 Å². The first kappa shape index (κ1) is 19.0. The molecule has 0 spiro atoms. The zero-order valence-corrected chi connectivity index (χ0v) is 14.9. The van der Waals surface area contributed by atoms with Gasteiger partial charge in [0.2, 0.25) is 0 Å². The third kappa shape index (κ3) is 7.54. The van der Waals surface area contributed by atoms with Crippen LogP contribution in [0.1, 0.15) is 20.8 Å². The molecule has 0 radical (unpaired) electrons. The van der Waals surface area contributed by atoms with Gasteiger partial charge in [-0.05, 0) is 32.9 Å². The van der Waals surface area contributed by atoms with E-state index in [1.165, 1.54) is 0 Å². The summed E-state index contributed by atoms with van der Waals surface area (Å²) in [5.41, 5.74) is 6.75. The minimum absolute atomic E-state index is 0. The Bertz CT molecular complexity index is 429. The molecule has 0 saturated heterocycles. The number of hydrogen-bond donors (Lipinski definition) is 3. The molecule has 0 aliphatic rings. The van der Waals surface area contributed by atoms with Crippen LogP contribution in [0.3, 0.4) is 0 Å². The number of rotatable bonds is 5. The second-order valence-electron chi connectivity index (χ2n) is 5.27. The van der Waals surface area contributed by atoms with Gasteiger partial charge in [0, 0.05) is 12.1 Å².